The number of alkyl halides is 1. The molecule has 9 unspecified atom stereocenters. The predicted octanol–water partition coefficient (Wildman–Crippen LogP) is -3.72. The van der Waals surface area contributed by atoms with E-state index in [0.717, 1.165) is 0 Å². The van der Waals surface area contributed by atoms with Gasteiger partial charge in [0.05, 0.1) is 37.1 Å². The van der Waals surface area contributed by atoms with E-state index in [0.29, 0.717) is 12.8 Å². The normalized spacial score (nSPS) is 41.9. The summed E-state index contributed by atoms with van der Waals surface area (Å²) in [6.45, 7) is -0.553. The van der Waals surface area contributed by atoms with Gasteiger partial charge in [-0.25, -0.2) is 4.39 Å². The van der Waals surface area contributed by atoms with Crippen LogP contribution in [0.25, 0.3) is 0 Å². The molecule has 0 spiro atoms. The maximum Gasteiger partial charge on any atom is 0.252 e. The van der Waals surface area contributed by atoms with Crippen LogP contribution in [0.15, 0.2) is 0 Å². The first-order chi connectivity index (χ1) is 16.7. The molecule has 2 heterocycles. The van der Waals surface area contributed by atoms with Gasteiger partial charge in [-0.3, -0.25) is 4.79 Å². The molecule has 3 rings (SSSR count). The molecule has 35 heavy (non-hydrogen) atoms. The maximum atomic E-state index is 13.7. The van der Waals surface area contributed by atoms with Crippen molar-refractivity contribution in [1.82, 2.24) is 5.32 Å². The van der Waals surface area contributed by atoms with E-state index in [1.165, 1.54) is 0 Å². The van der Waals surface area contributed by atoms with Gasteiger partial charge in [0, 0.05) is 31.6 Å². The van der Waals surface area contributed by atoms with Crippen LogP contribution in [0.3, 0.4) is 0 Å². The molecule has 1 amide bonds. The molecule has 12 atom stereocenters. The number of ether oxygens (including phenoxy) is 4. The molecule has 3 aliphatic rings. The third-order valence-corrected chi connectivity index (χ3v) is 6.77. The fourth-order valence-electron chi connectivity index (χ4n) is 4.78. The first kappa shape index (κ1) is 28.5. The zero-order valence-corrected chi connectivity index (χ0v) is 19.7. The van der Waals surface area contributed by atoms with Crippen molar-refractivity contribution in [3.63, 3.8) is 0 Å². The van der Waals surface area contributed by atoms with Gasteiger partial charge in [0.15, 0.2) is 18.7 Å². The standard InChI is InChI=1S/C21H40FN5O8/c22-11(6-23)18(30)20(31)27-9-3-12(25)19(15(4-9)33-17-2-1-10(8-28)32-17)35-21-13(26)5-14(29)16(7-24)34-21/h9-19,21,28-30H,1-8,23-26H2,(H,27,31)/t9?,10?,11?,12?,13-,14?,15?,16?,17?,18?,19-,21-/m1/s1. The SMILES string of the molecule is NCC(F)C(O)C(=O)NC1CC(N)[C@@H](O[C@H]2OC(CN)C(O)C[C@H]2N)C(OC2CCC(CO)O2)C1. The van der Waals surface area contributed by atoms with Crippen LogP contribution >= 0.6 is 0 Å². The molecule has 3 fully saturated rings. The number of aliphatic hydroxyl groups excluding tert-OH is 3. The molecule has 0 radical (unpaired) electrons. The van der Waals surface area contributed by atoms with Crippen LogP contribution in [0.4, 0.5) is 4.39 Å². The summed E-state index contributed by atoms with van der Waals surface area (Å²) in [6.07, 6.45) is -6.66. The zero-order chi connectivity index (χ0) is 25.7. The smallest absolute Gasteiger partial charge is 0.252 e. The summed E-state index contributed by atoms with van der Waals surface area (Å²) in [6, 6.07) is -1.83. The number of amides is 1. The largest absolute Gasteiger partial charge is 0.394 e. The van der Waals surface area contributed by atoms with E-state index in [4.69, 9.17) is 41.9 Å². The van der Waals surface area contributed by atoms with E-state index < -0.39 is 79.8 Å². The number of carbonyl (C=O) groups is 1. The first-order valence-corrected chi connectivity index (χ1v) is 12.1. The Bertz CT molecular complexity index is 684. The van der Waals surface area contributed by atoms with E-state index in [9.17, 15) is 24.5 Å². The van der Waals surface area contributed by atoms with E-state index in [-0.39, 0.29) is 38.5 Å². The highest BCUT2D eigenvalue weighted by Gasteiger charge is 2.45. The van der Waals surface area contributed by atoms with E-state index >= 15 is 0 Å². The highest BCUT2D eigenvalue weighted by Crippen LogP contribution is 2.31. The highest BCUT2D eigenvalue weighted by atomic mass is 19.1. The Morgan fingerprint density at radius 1 is 1.11 bits per heavy atom. The van der Waals surface area contributed by atoms with Gasteiger partial charge in [0.25, 0.3) is 5.91 Å². The molecule has 0 aromatic heterocycles. The van der Waals surface area contributed by atoms with Gasteiger partial charge in [0.2, 0.25) is 0 Å². The van der Waals surface area contributed by atoms with Crippen molar-refractivity contribution in [3.8, 4) is 0 Å². The fraction of sp³-hybridized carbons (Fsp3) is 0.952. The molecule has 1 saturated carbocycles. The number of carbonyl (C=O) groups excluding carboxylic acids is 1. The van der Waals surface area contributed by atoms with Crippen LogP contribution in [0, 0.1) is 0 Å². The molecule has 1 aliphatic carbocycles. The summed E-state index contributed by atoms with van der Waals surface area (Å²) in [7, 11) is 0. The van der Waals surface area contributed by atoms with E-state index in [1.54, 1.807) is 0 Å². The second-order valence-electron chi connectivity index (χ2n) is 9.51. The van der Waals surface area contributed by atoms with Crippen LogP contribution in [0.5, 0.6) is 0 Å². The zero-order valence-electron chi connectivity index (χ0n) is 19.7. The Hall–Kier alpha value is -1.04. The third kappa shape index (κ3) is 7.26. The van der Waals surface area contributed by atoms with Gasteiger partial charge in [-0.2, -0.15) is 0 Å². The Morgan fingerprint density at radius 2 is 1.86 bits per heavy atom. The minimum absolute atomic E-state index is 0.0810. The number of hydrogen-bond acceptors (Lipinski definition) is 12. The molecular weight excluding hydrogens is 469 g/mol. The molecule has 13 nitrogen and oxygen atoms in total. The summed E-state index contributed by atoms with van der Waals surface area (Å²) in [5.74, 6) is -0.895. The molecule has 204 valence electrons. The minimum atomic E-state index is -1.90. The molecule has 2 saturated heterocycles. The van der Waals surface area contributed by atoms with Crippen molar-refractivity contribution in [2.75, 3.05) is 19.7 Å². The molecule has 14 heteroatoms. The van der Waals surface area contributed by atoms with Gasteiger partial charge in [0.1, 0.15) is 12.3 Å². The molecule has 0 aromatic carbocycles. The summed E-state index contributed by atoms with van der Waals surface area (Å²) in [5, 5.41) is 31.9. The Morgan fingerprint density at radius 3 is 2.49 bits per heavy atom. The fourth-order valence-corrected chi connectivity index (χ4v) is 4.78. The number of aliphatic hydroxyl groups is 3. The van der Waals surface area contributed by atoms with Gasteiger partial charge in [-0.1, -0.05) is 0 Å². The summed E-state index contributed by atoms with van der Waals surface area (Å²) in [4.78, 5) is 12.3. The quantitative estimate of drug-likeness (QED) is 0.142. The Labute approximate surface area is 203 Å². The lowest BCUT2D eigenvalue weighted by atomic mass is 9.86. The lowest BCUT2D eigenvalue weighted by molar-refractivity contribution is -0.278. The first-order valence-electron chi connectivity index (χ1n) is 12.1. The predicted molar refractivity (Wildman–Crippen MR) is 120 cm³/mol. The minimum Gasteiger partial charge on any atom is -0.394 e. The second-order valence-corrected chi connectivity index (χ2v) is 9.51. The lowest BCUT2D eigenvalue weighted by Crippen LogP contribution is -2.62. The molecule has 0 aromatic rings. The summed E-state index contributed by atoms with van der Waals surface area (Å²) in [5.41, 5.74) is 23.4. The van der Waals surface area contributed by atoms with Crippen molar-refractivity contribution in [3.05, 3.63) is 0 Å². The topological polar surface area (TPSA) is 231 Å². The highest BCUT2D eigenvalue weighted by molar-refractivity contribution is 5.81. The van der Waals surface area contributed by atoms with Gasteiger partial charge < -0.3 is 62.5 Å². The molecule has 2 aliphatic heterocycles. The number of rotatable bonds is 10. The van der Waals surface area contributed by atoms with Crippen molar-refractivity contribution >= 4 is 5.91 Å². The van der Waals surface area contributed by atoms with Crippen LogP contribution in [0.2, 0.25) is 0 Å². The summed E-state index contributed by atoms with van der Waals surface area (Å²) < 4.78 is 37.4. The van der Waals surface area contributed by atoms with Crippen molar-refractivity contribution in [1.29, 1.82) is 0 Å². The average molecular weight is 510 g/mol. The van der Waals surface area contributed by atoms with Crippen molar-refractivity contribution < 1.29 is 43.5 Å². The van der Waals surface area contributed by atoms with E-state index in [1.807, 2.05) is 0 Å². The van der Waals surface area contributed by atoms with Crippen molar-refractivity contribution in [2.45, 2.75) is 106 Å². The molecule has 0 bridgehead atoms. The monoisotopic (exact) mass is 509 g/mol. The van der Waals surface area contributed by atoms with Gasteiger partial charge in [-0.15, -0.1) is 0 Å². The Balaban J connectivity index is 1.70. The second kappa shape index (κ2) is 13.0. The lowest BCUT2D eigenvalue weighted by Gasteiger charge is -2.45. The third-order valence-electron chi connectivity index (χ3n) is 6.77. The average Bonchev–Trinajstić information content (AvgIpc) is 3.29. The maximum absolute atomic E-state index is 13.7. The Kier molecular flexibility index (Phi) is 10.6. The number of nitrogens with one attached hydrogen (secondary N) is 1. The number of halogens is 1. The summed E-state index contributed by atoms with van der Waals surface area (Å²) >= 11 is 0. The molecule has 12 N–H and O–H groups in total. The van der Waals surface area contributed by atoms with Crippen LogP contribution in [0.1, 0.15) is 32.1 Å². The van der Waals surface area contributed by atoms with Crippen molar-refractivity contribution in [2.24, 2.45) is 22.9 Å². The van der Waals surface area contributed by atoms with Crippen LogP contribution < -0.4 is 28.3 Å². The van der Waals surface area contributed by atoms with Crippen LogP contribution in [-0.4, -0.2) is 114 Å². The van der Waals surface area contributed by atoms with Gasteiger partial charge >= 0.3 is 0 Å². The number of nitrogens with two attached hydrogens (primary N) is 4. The van der Waals surface area contributed by atoms with Crippen LogP contribution in [-0.2, 0) is 23.7 Å². The van der Waals surface area contributed by atoms with Gasteiger partial charge in [-0.05, 0) is 25.7 Å². The number of hydrogen-bond donors (Lipinski definition) is 8. The molecular formula is C21H40FN5O8. The van der Waals surface area contributed by atoms with E-state index in [2.05, 4.69) is 5.32 Å².